The highest BCUT2D eigenvalue weighted by atomic mass is 79.9. The summed E-state index contributed by atoms with van der Waals surface area (Å²) >= 11 is 3.25. The van der Waals surface area contributed by atoms with Gasteiger partial charge in [-0.3, -0.25) is 9.59 Å². The van der Waals surface area contributed by atoms with Crippen LogP contribution in [0.3, 0.4) is 0 Å². The smallest absolute Gasteiger partial charge is 0.242 e. The fourth-order valence-corrected chi connectivity index (χ4v) is 10.8. The largest absolute Gasteiger partial charge is 0.480 e. The van der Waals surface area contributed by atoms with Crippen molar-refractivity contribution in [1.29, 1.82) is 0 Å². The number of anilines is 1. The topological polar surface area (TPSA) is 198 Å². The maximum absolute atomic E-state index is 13.1. The molecule has 2 saturated carbocycles. The minimum absolute atomic E-state index is 0.0492. The Morgan fingerprint density at radius 2 is 1.03 bits per heavy atom. The summed E-state index contributed by atoms with van der Waals surface area (Å²) in [6.45, 7) is 3.71. The van der Waals surface area contributed by atoms with Gasteiger partial charge in [-0.15, -0.1) is 0 Å². The molecule has 2 aromatic heterocycles. The molecule has 64 heavy (non-hydrogen) atoms. The van der Waals surface area contributed by atoms with Crippen LogP contribution in [0.4, 0.5) is 14.5 Å². The fourth-order valence-electron chi connectivity index (χ4n) is 7.61. The second-order valence-electron chi connectivity index (χ2n) is 16.2. The number of carbonyl (C=O) groups is 2. The molecule has 4 N–H and O–H groups in total. The van der Waals surface area contributed by atoms with E-state index in [0.29, 0.717) is 73.3 Å². The molecule has 2 fully saturated rings. The van der Waals surface area contributed by atoms with Crippen LogP contribution in [-0.2, 0) is 29.6 Å². The maximum Gasteiger partial charge on any atom is 0.242 e. The lowest BCUT2D eigenvalue weighted by Crippen LogP contribution is -2.41. The van der Waals surface area contributed by atoms with Crippen LogP contribution in [0, 0.1) is 23.5 Å². The SMILES string of the molecule is COc1ncc(S(=O)(=O)NC2CCC(C(=O)N[C@H](C)c3ccc(F)cc3)CC2)cc1Br.COc1ncc(S(=O)(=O)NC2CCC(C(=O)N[C@H](C)c3ccc(F)cc3)CC2)cc1N(C)C. The summed E-state index contributed by atoms with van der Waals surface area (Å²) in [4.78, 5) is 35.2. The van der Waals surface area contributed by atoms with Crippen LogP contribution in [0.15, 0.2) is 87.3 Å². The molecule has 0 spiro atoms. The number of nitrogens with zero attached hydrogens (tertiary/aromatic N) is 3. The minimum Gasteiger partial charge on any atom is -0.480 e. The van der Waals surface area contributed by atoms with Crippen LogP contribution in [0.2, 0.25) is 0 Å². The minimum atomic E-state index is -3.76. The first-order valence-corrected chi connectivity index (χ1v) is 24.6. The Bertz CT molecular complexity index is 2430. The van der Waals surface area contributed by atoms with Crippen LogP contribution in [-0.4, -0.2) is 79.0 Å². The van der Waals surface area contributed by atoms with Crippen molar-refractivity contribution in [1.82, 2.24) is 30.0 Å². The van der Waals surface area contributed by atoms with Crippen molar-refractivity contribution in [3.8, 4) is 11.8 Å². The molecular weight excluding hydrogens is 937 g/mol. The number of hydrogen-bond donors (Lipinski definition) is 4. The number of benzene rings is 2. The van der Waals surface area contributed by atoms with Gasteiger partial charge in [0.25, 0.3) is 0 Å². The lowest BCUT2D eigenvalue weighted by atomic mass is 9.85. The van der Waals surface area contributed by atoms with E-state index in [2.05, 4.69) is 46.0 Å². The van der Waals surface area contributed by atoms with Crippen LogP contribution >= 0.6 is 15.9 Å². The van der Waals surface area contributed by atoms with Gasteiger partial charge in [0.05, 0.1) is 43.2 Å². The number of amides is 2. The van der Waals surface area contributed by atoms with E-state index in [-0.39, 0.29) is 69.2 Å². The van der Waals surface area contributed by atoms with Gasteiger partial charge in [0.1, 0.15) is 27.1 Å². The first-order chi connectivity index (χ1) is 30.3. The summed E-state index contributed by atoms with van der Waals surface area (Å²) < 4.78 is 93.5. The molecule has 2 aromatic carbocycles. The van der Waals surface area contributed by atoms with Crippen LogP contribution in [0.25, 0.3) is 0 Å². The Morgan fingerprint density at radius 1 is 0.656 bits per heavy atom. The van der Waals surface area contributed by atoms with E-state index in [9.17, 15) is 35.2 Å². The number of methoxy groups -OCH3 is 2. The Kier molecular flexibility index (Phi) is 17.6. The molecule has 0 unspecified atom stereocenters. The van der Waals surface area contributed by atoms with E-state index in [4.69, 9.17) is 9.47 Å². The van der Waals surface area contributed by atoms with Gasteiger partial charge in [-0.05, 0) is 129 Å². The standard InChI is InChI=1S/C23H31FN4O4S.C21H25BrFN3O4S/c1-15(16-5-9-18(24)10-6-16)26-22(29)17-7-11-19(12-8-17)27-33(30,31)20-13-21(28(2)3)23(32-4)25-14-20;1-13(14-3-7-16(23)8-4-14)25-20(27)15-5-9-17(10-6-15)26-31(28,29)18-11-19(22)21(30-2)24-12-18/h5-6,9-10,13-15,17,19,27H,7-8,11-12H2,1-4H3,(H,26,29);3-4,7-8,11-13,15,17,26H,5-6,9-10H2,1-2H3,(H,25,27)/t15-,17?,19?;13-,15?,17?/m11/s1. The number of halogens is 3. The predicted molar refractivity (Wildman–Crippen MR) is 242 cm³/mol. The van der Waals surface area contributed by atoms with Crippen molar-refractivity contribution in [2.75, 3.05) is 33.2 Å². The van der Waals surface area contributed by atoms with Gasteiger partial charge in [-0.25, -0.2) is 45.0 Å². The van der Waals surface area contributed by atoms with Crippen molar-refractivity contribution in [2.45, 2.75) is 99.2 Å². The zero-order valence-electron chi connectivity index (χ0n) is 36.6. The van der Waals surface area contributed by atoms with E-state index < -0.39 is 20.0 Å². The first kappa shape index (κ1) is 50.2. The number of carbonyl (C=O) groups excluding carboxylic acids is 2. The molecule has 20 heteroatoms. The molecule has 0 bridgehead atoms. The second-order valence-corrected chi connectivity index (χ2v) is 20.4. The number of hydrogen-bond acceptors (Lipinski definition) is 11. The first-order valence-electron chi connectivity index (χ1n) is 20.9. The molecule has 2 atom stereocenters. The second kappa shape index (κ2) is 22.4. The van der Waals surface area contributed by atoms with Gasteiger partial charge >= 0.3 is 0 Å². The van der Waals surface area contributed by atoms with Gasteiger partial charge in [0, 0.05) is 38.0 Å². The Morgan fingerprint density at radius 3 is 1.39 bits per heavy atom. The van der Waals surface area contributed by atoms with Crippen LogP contribution in [0.5, 0.6) is 11.8 Å². The molecule has 2 amide bonds. The maximum atomic E-state index is 13.1. The van der Waals surface area contributed by atoms with Gasteiger partial charge in [0.2, 0.25) is 43.6 Å². The van der Waals surface area contributed by atoms with E-state index in [1.165, 1.54) is 63.0 Å². The molecule has 2 aliphatic carbocycles. The molecule has 4 aromatic rings. The molecule has 348 valence electrons. The highest BCUT2D eigenvalue weighted by Crippen LogP contribution is 2.31. The highest BCUT2D eigenvalue weighted by molar-refractivity contribution is 9.10. The normalized spacial score (nSPS) is 19.8. The number of aromatic nitrogens is 2. The van der Waals surface area contributed by atoms with Gasteiger partial charge in [0.15, 0.2) is 0 Å². The third kappa shape index (κ3) is 13.6. The molecule has 2 aliphatic rings. The van der Waals surface area contributed by atoms with Gasteiger partial charge in [-0.1, -0.05) is 24.3 Å². The Labute approximate surface area is 382 Å². The van der Waals surface area contributed by atoms with E-state index in [1.54, 1.807) is 43.3 Å². The summed E-state index contributed by atoms with van der Waals surface area (Å²) in [5, 5.41) is 5.94. The number of rotatable bonds is 15. The summed E-state index contributed by atoms with van der Waals surface area (Å²) in [6.07, 6.45) is 7.11. The van der Waals surface area contributed by atoms with Crippen molar-refractivity contribution in [3.05, 3.63) is 100 Å². The highest BCUT2D eigenvalue weighted by Gasteiger charge is 2.32. The summed E-state index contributed by atoms with van der Waals surface area (Å²) in [6, 6.07) is 14.1. The molecule has 0 radical (unpaired) electrons. The summed E-state index contributed by atoms with van der Waals surface area (Å²) in [5.74, 6) is -0.482. The van der Waals surface area contributed by atoms with Gasteiger partial charge in [-0.2, -0.15) is 0 Å². The van der Waals surface area contributed by atoms with E-state index in [0.717, 1.165) is 11.1 Å². The van der Waals surface area contributed by atoms with Crippen LogP contribution in [0.1, 0.15) is 88.4 Å². The monoisotopic (exact) mass is 991 g/mol. The molecule has 15 nitrogen and oxygen atoms in total. The third-order valence-electron chi connectivity index (χ3n) is 11.4. The van der Waals surface area contributed by atoms with Gasteiger partial charge < -0.3 is 25.0 Å². The average Bonchev–Trinajstić information content (AvgIpc) is 3.26. The third-order valence-corrected chi connectivity index (χ3v) is 14.9. The fraction of sp³-hybridized carbons (Fsp3) is 0.455. The zero-order valence-corrected chi connectivity index (χ0v) is 39.8. The van der Waals surface area contributed by atoms with E-state index >= 15 is 0 Å². The molecule has 2 heterocycles. The predicted octanol–water partition coefficient (Wildman–Crippen LogP) is 6.72. The molecular formula is C44H56BrF2N7O8S2. The molecule has 0 saturated heterocycles. The Hall–Kier alpha value is -4.76. The van der Waals surface area contributed by atoms with Crippen LogP contribution < -0.4 is 34.5 Å². The summed E-state index contributed by atoms with van der Waals surface area (Å²) in [7, 11) is -0.992. The lowest BCUT2D eigenvalue weighted by Gasteiger charge is -2.29. The number of sulfonamides is 2. The van der Waals surface area contributed by atoms with Crippen molar-refractivity contribution >= 4 is 53.5 Å². The molecule has 6 rings (SSSR count). The zero-order chi connectivity index (χ0) is 46.8. The summed E-state index contributed by atoms with van der Waals surface area (Å²) in [5.41, 5.74) is 2.22. The lowest BCUT2D eigenvalue weighted by molar-refractivity contribution is -0.127. The van der Waals surface area contributed by atoms with Crippen molar-refractivity contribution in [3.63, 3.8) is 0 Å². The van der Waals surface area contributed by atoms with Crippen molar-refractivity contribution in [2.24, 2.45) is 11.8 Å². The number of ether oxygens (including phenoxy) is 2. The molecule has 0 aliphatic heterocycles. The van der Waals surface area contributed by atoms with E-state index in [1.807, 2.05) is 13.8 Å². The number of nitrogens with one attached hydrogen (secondary N) is 4. The average molecular weight is 993 g/mol. The van der Waals surface area contributed by atoms with Crippen molar-refractivity contribution < 1.29 is 44.7 Å². The quantitative estimate of drug-likeness (QED) is 0.0987. The number of pyridine rings is 2. The Balaban J connectivity index is 0.000000241.